The van der Waals surface area contributed by atoms with Crippen molar-refractivity contribution in [1.29, 1.82) is 5.26 Å². The first kappa shape index (κ1) is 10.1. The van der Waals surface area contributed by atoms with Crippen molar-refractivity contribution >= 4 is 0 Å². The lowest BCUT2D eigenvalue weighted by Crippen LogP contribution is -2.00. The molecule has 78 valence electrons. The van der Waals surface area contributed by atoms with Gasteiger partial charge in [0.25, 0.3) is 0 Å². The van der Waals surface area contributed by atoms with Gasteiger partial charge in [0, 0.05) is 12.4 Å². The van der Waals surface area contributed by atoms with Crippen LogP contribution in [0.15, 0.2) is 42.7 Å². The summed E-state index contributed by atoms with van der Waals surface area (Å²) in [5.74, 6) is 0.343. The van der Waals surface area contributed by atoms with Crippen LogP contribution in [-0.4, -0.2) is 9.97 Å². The van der Waals surface area contributed by atoms with Gasteiger partial charge in [-0.05, 0) is 24.3 Å². The van der Waals surface area contributed by atoms with Crippen molar-refractivity contribution in [3.8, 4) is 11.9 Å². The van der Waals surface area contributed by atoms with E-state index in [-0.39, 0.29) is 0 Å². The first-order valence-electron chi connectivity index (χ1n) is 4.78. The molecule has 0 bridgehead atoms. The zero-order valence-corrected chi connectivity index (χ0v) is 8.50. The van der Waals surface area contributed by atoms with Gasteiger partial charge >= 0.3 is 0 Å². The highest BCUT2D eigenvalue weighted by Gasteiger charge is 2.03. The summed E-state index contributed by atoms with van der Waals surface area (Å²) < 4.78 is 5.42. The Morgan fingerprint density at radius 1 is 1.12 bits per heavy atom. The monoisotopic (exact) mass is 211 g/mol. The van der Waals surface area contributed by atoms with Crippen LogP contribution in [0.4, 0.5) is 0 Å². The molecule has 0 aromatic carbocycles. The van der Waals surface area contributed by atoms with Gasteiger partial charge in [-0.25, -0.2) is 4.98 Å². The van der Waals surface area contributed by atoms with Crippen molar-refractivity contribution in [1.82, 2.24) is 9.97 Å². The van der Waals surface area contributed by atoms with E-state index in [1.165, 1.54) is 0 Å². The second kappa shape index (κ2) is 4.89. The molecular weight excluding hydrogens is 202 g/mol. The highest BCUT2D eigenvalue weighted by Crippen LogP contribution is 2.13. The standard InChI is InChI=1S/C12H9N3O/c13-8-10-4-3-7-15-12(10)16-9-11-5-1-2-6-14-11/h1-7H,9H2. The maximum atomic E-state index is 8.83. The van der Waals surface area contributed by atoms with Gasteiger partial charge < -0.3 is 4.74 Å². The van der Waals surface area contributed by atoms with Crippen molar-refractivity contribution in [2.45, 2.75) is 6.61 Å². The molecule has 2 rings (SSSR count). The van der Waals surface area contributed by atoms with Gasteiger partial charge in [0.15, 0.2) is 0 Å². The van der Waals surface area contributed by atoms with Crippen LogP contribution in [0.25, 0.3) is 0 Å². The first-order valence-corrected chi connectivity index (χ1v) is 4.78. The molecule has 4 heteroatoms. The highest BCUT2D eigenvalue weighted by atomic mass is 16.5. The Balaban J connectivity index is 2.09. The van der Waals surface area contributed by atoms with Crippen molar-refractivity contribution in [2.75, 3.05) is 0 Å². The molecule has 16 heavy (non-hydrogen) atoms. The second-order valence-electron chi connectivity index (χ2n) is 3.08. The molecule has 0 aliphatic heterocycles. The molecule has 0 aliphatic rings. The third kappa shape index (κ3) is 2.34. The summed E-state index contributed by atoms with van der Waals surface area (Å²) in [6, 6.07) is 11.0. The predicted octanol–water partition coefficient (Wildman–Crippen LogP) is 1.93. The Bertz CT molecular complexity index is 505. The van der Waals surface area contributed by atoms with Gasteiger partial charge in [-0.2, -0.15) is 5.26 Å². The molecular formula is C12H9N3O. The van der Waals surface area contributed by atoms with Crippen LogP contribution >= 0.6 is 0 Å². The van der Waals surface area contributed by atoms with Gasteiger partial charge in [0.2, 0.25) is 5.88 Å². The number of nitriles is 1. The molecule has 0 unspecified atom stereocenters. The summed E-state index contributed by atoms with van der Waals surface area (Å²) in [6.07, 6.45) is 3.29. The average Bonchev–Trinajstić information content (AvgIpc) is 2.38. The van der Waals surface area contributed by atoms with Crippen LogP contribution < -0.4 is 4.74 Å². The van der Waals surface area contributed by atoms with Crippen LogP contribution in [0, 0.1) is 11.3 Å². The number of aromatic nitrogens is 2. The van der Waals surface area contributed by atoms with Crippen molar-refractivity contribution in [2.24, 2.45) is 0 Å². The van der Waals surface area contributed by atoms with E-state index in [1.807, 2.05) is 24.3 Å². The van der Waals surface area contributed by atoms with Crippen LogP contribution in [0.5, 0.6) is 5.88 Å². The number of rotatable bonds is 3. The van der Waals surface area contributed by atoms with Crippen LogP contribution in [-0.2, 0) is 6.61 Å². The van der Waals surface area contributed by atoms with Gasteiger partial charge in [-0.3, -0.25) is 4.98 Å². The molecule has 0 saturated carbocycles. The summed E-state index contributed by atoms with van der Waals surface area (Å²) in [5, 5.41) is 8.83. The smallest absolute Gasteiger partial charge is 0.232 e. The quantitative estimate of drug-likeness (QED) is 0.778. The Morgan fingerprint density at radius 2 is 2.00 bits per heavy atom. The Hall–Kier alpha value is -2.41. The van der Waals surface area contributed by atoms with E-state index in [2.05, 4.69) is 9.97 Å². The number of ether oxygens (including phenoxy) is 1. The fourth-order valence-electron chi connectivity index (χ4n) is 1.22. The van der Waals surface area contributed by atoms with Crippen LogP contribution in [0.2, 0.25) is 0 Å². The summed E-state index contributed by atoms with van der Waals surface area (Å²) in [6.45, 7) is 0.312. The number of hydrogen-bond acceptors (Lipinski definition) is 4. The minimum Gasteiger partial charge on any atom is -0.470 e. The number of hydrogen-bond donors (Lipinski definition) is 0. The van der Waals surface area contributed by atoms with Crippen molar-refractivity contribution in [3.05, 3.63) is 54.0 Å². The number of nitrogens with zero attached hydrogens (tertiary/aromatic N) is 3. The van der Waals surface area contributed by atoms with Crippen molar-refractivity contribution in [3.63, 3.8) is 0 Å². The Kier molecular flexibility index (Phi) is 3.10. The molecule has 0 fully saturated rings. The SMILES string of the molecule is N#Cc1cccnc1OCc1ccccn1. The van der Waals surface area contributed by atoms with E-state index in [9.17, 15) is 0 Å². The minimum atomic E-state index is 0.312. The van der Waals surface area contributed by atoms with E-state index in [1.54, 1.807) is 24.5 Å². The van der Waals surface area contributed by atoms with E-state index in [4.69, 9.17) is 10.00 Å². The molecule has 2 aromatic heterocycles. The summed E-state index contributed by atoms with van der Waals surface area (Å²) in [4.78, 5) is 8.11. The van der Waals surface area contributed by atoms with Gasteiger partial charge in [0.05, 0.1) is 5.69 Å². The lowest BCUT2D eigenvalue weighted by atomic mass is 10.3. The molecule has 2 heterocycles. The van der Waals surface area contributed by atoms with Gasteiger partial charge in [0.1, 0.15) is 18.2 Å². The summed E-state index contributed by atoms with van der Waals surface area (Å²) >= 11 is 0. The maximum Gasteiger partial charge on any atom is 0.232 e. The van der Waals surface area contributed by atoms with Crippen LogP contribution in [0.3, 0.4) is 0 Å². The molecule has 0 aliphatic carbocycles. The average molecular weight is 211 g/mol. The second-order valence-corrected chi connectivity index (χ2v) is 3.08. The molecule has 4 nitrogen and oxygen atoms in total. The van der Waals surface area contributed by atoms with Crippen LogP contribution in [0.1, 0.15) is 11.3 Å². The normalized spacial score (nSPS) is 9.44. The van der Waals surface area contributed by atoms with Gasteiger partial charge in [-0.15, -0.1) is 0 Å². The third-order valence-corrected chi connectivity index (χ3v) is 1.97. The lowest BCUT2D eigenvalue weighted by molar-refractivity contribution is 0.288. The molecule has 2 aromatic rings. The minimum absolute atomic E-state index is 0.312. The molecule has 0 spiro atoms. The molecule has 0 radical (unpaired) electrons. The predicted molar refractivity (Wildman–Crippen MR) is 57.5 cm³/mol. The molecule has 0 N–H and O–H groups in total. The van der Waals surface area contributed by atoms with E-state index >= 15 is 0 Å². The first-order chi connectivity index (χ1) is 7.90. The molecule has 0 atom stereocenters. The van der Waals surface area contributed by atoms with Gasteiger partial charge in [-0.1, -0.05) is 6.07 Å². The molecule has 0 amide bonds. The van der Waals surface area contributed by atoms with Crippen molar-refractivity contribution < 1.29 is 4.74 Å². The summed E-state index contributed by atoms with van der Waals surface area (Å²) in [5.41, 5.74) is 1.23. The highest BCUT2D eigenvalue weighted by molar-refractivity contribution is 5.37. The fourth-order valence-corrected chi connectivity index (χ4v) is 1.22. The maximum absolute atomic E-state index is 8.83. The zero-order chi connectivity index (χ0) is 11.2. The zero-order valence-electron chi connectivity index (χ0n) is 8.50. The van der Waals surface area contributed by atoms with E-state index in [0.29, 0.717) is 18.1 Å². The topological polar surface area (TPSA) is 58.8 Å². The fraction of sp³-hybridized carbons (Fsp3) is 0.0833. The Labute approximate surface area is 93.2 Å². The van der Waals surface area contributed by atoms with E-state index < -0.39 is 0 Å². The summed E-state index contributed by atoms with van der Waals surface area (Å²) in [7, 11) is 0. The number of pyridine rings is 2. The molecule has 0 saturated heterocycles. The third-order valence-electron chi connectivity index (χ3n) is 1.97. The lowest BCUT2D eigenvalue weighted by Gasteiger charge is -2.05. The van der Waals surface area contributed by atoms with E-state index in [0.717, 1.165) is 5.69 Å². The largest absolute Gasteiger partial charge is 0.470 e. The Morgan fingerprint density at radius 3 is 2.75 bits per heavy atom.